The van der Waals surface area contributed by atoms with E-state index in [1.54, 1.807) is 7.11 Å². The third-order valence-corrected chi connectivity index (χ3v) is 4.74. The van der Waals surface area contributed by atoms with Gasteiger partial charge in [0.1, 0.15) is 5.75 Å². The number of ether oxygens (including phenoxy) is 1. The van der Waals surface area contributed by atoms with Crippen LogP contribution in [-0.4, -0.2) is 42.6 Å². The zero-order chi connectivity index (χ0) is 16.4. The maximum Gasteiger partial charge on any atom is 0.221 e. The van der Waals surface area contributed by atoms with E-state index in [-0.39, 0.29) is 36.4 Å². The van der Waals surface area contributed by atoms with Gasteiger partial charge < -0.3 is 15.8 Å². The summed E-state index contributed by atoms with van der Waals surface area (Å²) >= 11 is 0. The van der Waals surface area contributed by atoms with Gasteiger partial charge >= 0.3 is 0 Å². The molecule has 24 heavy (non-hydrogen) atoms. The number of rotatable bonds is 6. The zero-order valence-electron chi connectivity index (χ0n) is 14.4. The van der Waals surface area contributed by atoms with Gasteiger partial charge in [-0.1, -0.05) is 12.1 Å². The van der Waals surface area contributed by atoms with Crippen molar-refractivity contribution in [2.24, 2.45) is 5.73 Å². The highest BCUT2D eigenvalue weighted by molar-refractivity contribution is 5.85. The van der Waals surface area contributed by atoms with Crippen LogP contribution in [0.2, 0.25) is 0 Å². The molecule has 1 amide bonds. The fourth-order valence-corrected chi connectivity index (χ4v) is 3.59. The van der Waals surface area contributed by atoms with Gasteiger partial charge in [-0.05, 0) is 43.9 Å². The molecule has 134 valence electrons. The minimum atomic E-state index is -0.105. The molecule has 6 heteroatoms. The summed E-state index contributed by atoms with van der Waals surface area (Å²) in [5.74, 6) is 0.918. The molecule has 0 bridgehead atoms. The quantitative estimate of drug-likeness (QED) is 0.823. The highest BCUT2D eigenvalue weighted by Crippen LogP contribution is 2.41. The van der Waals surface area contributed by atoms with Crippen molar-refractivity contribution in [2.45, 2.75) is 56.8 Å². The Hall–Kier alpha value is -1.30. The first-order chi connectivity index (χ1) is 11.1. The number of amides is 1. The summed E-state index contributed by atoms with van der Waals surface area (Å²) in [6.45, 7) is 2.90. The molecule has 1 aliphatic heterocycles. The molecule has 3 atom stereocenters. The lowest BCUT2D eigenvalue weighted by atomic mass is 9.99. The largest absolute Gasteiger partial charge is 0.497 e. The topological polar surface area (TPSA) is 67.6 Å². The van der Waals surface area contributed by atoms with Crippen LogP contribution in [0.4, 0.5) is 0 Å². The number of hydrogen-bond acceptors (Lipinski definition) is 4. The van der Waals surface area contributed by atoms with E-state index >= 15 is 0 Å². The van der Waals surface area contributed by atoms with Crippen molar-refractivity contribution >= 4 is 18.3 Å². The molecular formula is C18H28ClN3O2. The highest BCUT2D eigenvalue weighted by atomic mass is 35.5. The van der Waals surface area contributed by atoms with E-state index < -0.39 is 0 Å². The minimum Gasteiger partial charge on any atom is -0.497 e. The molecule has 3 N–H and O–H groups in total. The van der Waals surface area contributed by atoms with Gasteiger partial charge in [0.25, 0.3) is 0 Å². The monoisotopic (exact) mass is 353 g/mol. The standard InChI is InChI=1S/C18H27N3O2.ClH/c1-12(19)10-17(22)20-16-8-9-21(14-6-7-14)18(16)13-4-3-5-15(11-13)23-2;/h3-5,11-12,14,16,18H,6-10,19H2,1-2H3,(H,20,22);1H. The summed E-state index contributed by atoms with van der Waals surface area (Å²) in [4.78, 5) is 14.7. The van der Waals surface area contributed by atoms with Crippen LogP contribution < -0.4 is 15.8 Å². The first-order valence-corrected chi connectivity index (χ1v) is 8.53. The van der Waals surface area contributed by atoms with E-state index in [0.717, 1.165) is 18.7 Å². The van der Waals surface area contributed by atoms with E-state index in [9.17, 15) is 4.79 Å². The summed E-state index contributed by atoms with van der Waals surface area (Å²) in [5, 5.41) is 3.21. The normalized spacial score (nSPS) is 25.0. The van der Waals surface area contributed by atoms with E-state index in [2.05, 4.69) is 22.3 Å². The van der Waals surface area contributed by atoms with Crippen LogP contribution in [0.15, 0.2) is 24.3 Å². The third-order valence-electron chi connectivity index (χ3n) is 4.74. The molecule has 2 fully saturated rings. The maximum atomic E-state index is 12.2. The van der Waals surface area contributed by atoms with Crippen LogP contribution in [0.3, 0.4) is 0 Å². The van der Waals surface area contributed by atoms with Crippen molar-refractivity contribution in [3.63, 3.8) is 0 Å². The van der Waals surface area contributed by atoms with Gasteiger partial charge in [0.15, 0.2) is 0 Å². The van der Waals surface area contributed by atoms with E-state index in [4.69, 9.17) is 10.5 Å². The number of nitrogens with zero attached hydrogens (tertiary/aromatic N) is 1. The van der Waals surface area contributed by atoms with E-state index in [1.807, 2.05) is 19.1 Å². The Kier molecular flexibility index (Phi) is 6.49. The molecule has 1 saturated carbocycles. The molecular weight excluding hydrogens is 326 g/mol. The first-order valence-electron chi connectivity index (χ1n) is 8.53. The molecule has 1 aliphatic carbocycles. The summed E-state index contributed by atoms with van der Waals surface area (Å²) in [7, 11) is 1.69. The van der Waals surface area contributed by atoms with Crippen molar-refractivity contribution in [3.05, 3.63) is 29.8 Å². The summed E-state index contributed by atoms with van der Waals surface area (Å²) in [6, 6.07) is 9.16. The molecule has 2 aliphatic rings. The maximum absolute atomic E-state index is 12.2. The predicted molar refractivity (Wildman–Crippen MR) is 97.5 cm³/mol. The van der Waals surface area contributed by atoms with Gasteiger partial charge in [-0.15, -0.1) is 12.4 Å². The van der Waals surface area contributed by atoms with Gasteiger partial charge in [-0.2, -0.15) is 0 Å². The number of likely N-dealkylation sites (tertiary alicyclic amines) is 1. The van der Waals surface area contributed by atoms with E-state index in [0.29, 0.717) is 12.5 Å². The van der Waals surface area contributed by atoms with Gasteiger partial charge in [0.2, 0.25) is 5.91 Å². The second kappa shape index (κ2) is 8.19. The van der Waals surface area contributed by atoms with Gasteiger partial charge in [-0.25, -0.2) is 0 Å². The average Bonchev–Trinajstić information content (AvgIpc) is 3.28. The second-order valence-corrected chi connectivity index (χ2v) is 6.83. The van der Waals surface area contributed by atoms with Gasteiger partial charge in [0, 0.05) is 31.1 Å². The lowest BCUT2D eigenvalue weighted by Gasteiger charge is -2.29. The molecule has 5 nitrogen and oxygen atoms in total. The van der Waals surface area contributed by atoms with Crippen LogP contribution in [0.1, 0.15) is 44.2 Å². The van der Waals surface area contributed by atoms with Crippen molar-refractivity contribution in [2.75, 3.05) is 13.7 Å². The summed E-state index contributed by atoms with van der Waals surface area (Å²) in [6.07, 6.45) is 3.90. The van der Waals surface area contributed by atoms with Crippen molar-refractivity contribution < 1.29 is 9.53 Å². The Morgan fingerprint density at radius 3 is 2.79 bits per heavy atom. The second-order valence-electron chi connectivity index (χ2n) is 6.83. The highest BCUT2D eigenvalue weighted by Gasteiger charge is 2.43. The lowest BCUT2D eigenvalue weighted by molar-refractivity contribution is -0.122. The molecule has 0 spiro atoms. The first kappa shape index (κ1) is 19.0. The Bertz CT molecular complexity index is 563. The molecule has 3 unspecified atom stereocenters. The third kappa shape index (κ3) is 4.41. The number of nitrogens with one attached hydrogen (secondary N) is 1. The molecule has 0 radical (unpaired) electrons. The lowest BCUT2D eigenvalue weighted by Crippen LogP contribution is -2.41. The van der Waals surface area contributed by atoms with Crippen molar-refractivity contribution in [1.82, 2.24) is 10.2 Å². The van der Waals surface area contributed by atoms with Crippen LogP contribution in [0.25, 0.3) is 0 Å². The smallest absolute Gasteiger partial charge is 0.221 e. The number of hydrogen-bond donors (Lipinski definition) is 2. The summed E-state index contributed by atoms with van der Waals surface area (Å²) in [5.41, 5.74) is 6.97. The fourth-order valence-electron chi connectivity index (χ4n) is 3.59. The number of nitrogens with two attached hydrogens (primary N) is 1. The Morgan fingerprint density at radius 2 is 2.17 bits per heavy atom. The van der Waals surface area contributed by atoms with E-state index in [1.165, 1.54) is 18.4 Å². The van der Waals surface area contributed by atoms with Crippen LogP contribution in [0.5, 0.6) is 5.75 Å². The molecule has 1 aromatic carbocycles. The Labute approximate surface area is 150 Å². The molecule has 0 aromatic heterocycles. The molecule has 1 heterocycles. The minimum absolute atomic E-state index is 0. The van der Waals surface area contributed by atoms with Crippen molar-refractivity contribution in [3.8, 4) is 5.75 Å². The number of methoxy groups -OCH3 is 1. The molecule has 1 saturated heterocycles. The Morgan fingerprint density at radius 1 is 1.42 bits per heavy atom. The zero-order valence-corrected chi connectivity index (χ0v) is 15.2. The summed E-state index contributed by atoms with van der Waals surface area (Å²) < 4.78 is 5.37. The average molecular weight is 354 g/mol. The number of halogens is 1. The van der Waals surface area contributed by atoms with Crippen LogP contribution in [-0.2, 0) is 4.79 Å². The van der Waals surface area contributed by atoms with Gasteiger partial charge in [-0.3, -0.25) is 9.69 Å². The fraction of sp³-hybridized carbons (Fsp3) is 0.611. The van der Waals surface area contributed by atoms with Gasteiger partial charge in [0.05, 0.1) is 13.2 Å². The van der Waals surface area contributed by atoms with Crippen LogP contribution >= 0.6 is 12.4 Å². The SMILES string of the molecule is COc1cccc(C2C(NC(=O)CC(C)N)CCN2C2CC2)c1.Cl. The van der Waals surface area contributed by atoms with Crippen molar-refractivity contribution in [1.29, 1.82) is 0 Å². The Balaban J connectivity index is 0.00000208. The predicted octanol–water partition coefficient (Wildman–Crippen LogP) is 2.25. The number of benzene rings is 1. The number of carbonyl (C=O) groups excluding carboxylic acids is 1. The van der Waals surface area contributed by atoms with Crippen LogP contribution in [0, 0.1) is 0 Å². The molecule has 1 aromatic rings. The number of carbonyl (C=O) groups is 1. The molecule has 3 rings (SSSR count).